The molecule has 1 aliphatic rings. The SMILES string of the molecule is COC1(C(=O)N[C@@H](C)c2ccc(-n3cc(F)cn3)nc2)CCC(c2nc(Nc3cc(C)[nH]n3)c3ncn(C)c3n2)CC1. The van der Waals surface area contributed by atoms with Gasteiger partial charge in [0.25, 0.3) is 5.91 Å². The Kier molecular flexibility index (Phi) is 7.14. The Morgan fingerprint density at radius 2 is 2.02 bits per heavy atom. The van der Waals surface area contributed by atoms with Crippen LogP contribution in [-0.2, 0) is 16.6 Å². The van der Waals surface area contributed by atoms with Crippen molar-refractivity contribution < 1.29 is 13.9 Å². The predicted octanol–water partition coefficient (Wildman–Crippen LogP) is 3.78. The molecular weight excluding hydrogens is 541 g/mol. The second-order valence-corrected chi connectivity index (χ2v) is 10.7. The molecule has 5 aromatic rings. The maximum Gasteiger partial charge on any atom is 0.252 e. The van der Waals surface area contributed by atoms with Crippen LogP contribution in [0.2, 0.25) is 0 Å². The lowest BCUT2D eigenvalue weighted by Crippen LogP contribution is -2.50. The van der Waals surface area contributed by atoms with Crippen LogP contribution in [0.25, 0.3) is 17.0 Å². The quantitative estimate of drug-likeness (QED) is 0.252. The molecule has 13 nitrogen and oxygen atoms in total. The van der Waals surface area contributed by atoms with Gasteiger partial charge >= 0.3 is 0 Å². The standard InChI is InChI=1S/C28H32FN11O2/c1-16-11-21(38-37-16)34-25-23-26(39(3)15-31-23)36-24(35-25)18-7-9-28(42-4,10-8-18)27(41)33-17(2)19-5-6-22(30-12-19)40-14-20(29)13-32-40/h5-6,11-15,17-18H,7-10H2,1-4H3,(H,33,41)(H2,34,35,36,37,38)/t17-,18?,28?/m0/s1. The number of fused-ring (bicyclic) bond motifs is 1. The number of carbonyl (C=O) groups is 1. The highest BCUT2D eigenvalue weighted by Crippen LogP contribution is 2.40. The van der Waals surface area contributed by atoms with Crippen molar-refractivity contribution in [2.24, 2.45) is 7.05 Å². The molecule has 1 atom stereocenters. The van der Waals surface area contributed by atoms with E-state index in [1.165, 1.54) is 10.9 Å². The lowest BCUT2D eigenvalue weighted by Gasteiger charge is -2.38. The van der Waals surface area contributed by atoms with Gasteiger partial charge < -0.3 is 19.9 Å². The molecule has 6 rings (SSSR count). The van der Waals surface area contributed by atoms with E-state index < -0.39 is 11.4 Å². The number of aryl methyl sites for hydroxylation is 2. The smallest absolute Gasteiger partial charge is 0.252 e. The summed E-state index contributed by atoms with van der Waals surface area (Å²) >= 11 is 0. The first-order valence-corrected chi connectivity index (χ1v) is 13.8. The van der Waals surface area contributed by atoms with E-state index in [0.717, 1.165) is 23.1 Å². The fraction of sp³-hybridized carbons (Fsp3) is 0.393. The number of hydrogen-bond acceptors (Lipinski definition) is 9. The molecule has 3 N–H and O–H groups in total. The van der Waals surface area contributed by atoms with Crippen molar-refractivity contribution in [1.29, 1.82) is 0 Å². The number of ether oxygens (including phenoxy) is 1. The minimum absolute atomic E-state index is 0.0446. The third-order valence-electron chi connectivity index (χ3n) is 7.90. The molecule has 0 unspecified atom stereocenters. The van der Waals surface area contributed by atoms with Gasteiger partial charge in [-0.15, -0.1) is 0 Å². The summed E-state index contributed by atoms with van der Waals surface area (Å²) in [4.78, 5) is 32.1. The topological polar surface area (TPSA) is 153 Å². The highest BCUT2D eigenvalue weighted by molar-refractivity contribution is 5.86. The zero-order valence-corrected chi connectivity index (χ0v) is 23.8. The number of halogens is 1. The number of aromatic amines is 1. The van der Waals surface area contributed by atoms with Crippen LogP contribution in [0.4, 0.5) is 16.0 Å². The summed E-state index contributed by atoms with van der Waals surface area (Å²) in [5.41, 5.74) is 2.16. The Labute approximate surface area is 241 Å². The molecule has 0 saturated heterocycles. The lowest BCUT2D eigenvalue weighted by atomic mass is 9.77. The lowest BCUT2D eigenvalue weighted by molar-refractivity contribution is -0.148. The molecule has 1 aliphatic carbocycles. The summed E-state index contributed by atoms with van der Waals surface area (Å²) in [5, 5.41) is 17.5. The number of nitrogens with one attached hydrogen (secondary N) is 3. The van der Waals surface area contributed by atoms with Crippen LogP contribution in [0.3, 0.4) is 0 Å². The molecule has 1 fully saturated rings. The van der Waals surface area contributed by atoms with Crippen LogP contribution >= 0.6 is 0 Å². The molecule has 0 bridgehead atoms. The van der Waals surface area contributed by atoms with E-state index in [2.05, 4.69) is 35.9 Å². The minimum atomic E-state index is -0.963. The average Bonchev–Trinajstić information content (AvgIpc) is 3.73. The summed E-state index contributed by atoms with van der Waals surface area (Å²) in [6.45, 7) is 3.82. The van der Waals surface area contributed by atoms with Crippen LogP contribution in [0.1, 0.15) is 61.6 Å². The van der Waals surface area contributed by atoms with Crippen LogP contribution in [0.5, 0.6) is 0 Å². The summed E-state index contributed by atoms with van der Waals surface area (Å²) in [6, 6.07) is 5.16. The zero-order chi connectivity index (χ0) is 29.4. The second-order valence-electron chi connectivity index (χ2n) is 10.7. The molecule has 14 heteroatoms. The number of amides is 1. The second kappa shape index (κ2) is 10.9. The van der Waals surface area contributed by atoms with Crippen molar-refractivity contribution in [1.82, 2.24) is 49.8 Å². The summed E-state index contributed by atoms with van der Waals surface area (Å²) in [5.74, 6) is 1.86. The minimum Gasteiger partial charge on any atom is -0.368 e. The monoisotopic (exact) mass is 573 g/mol. The van der Waals surface area contributed by atoms with E-state index in [1.54, 1.807) is 25.7 Å². The highest BCUT2D eigenvalue weighted by atomic mass is 19.1. The van der Waals surface area contributed by atoms with Crippen molar-refractivity contribution in [3.05, 3.63) is 66.0 Å². The maximum atomic E-state index is 13.5. The summed E-state index contributed by atoms with van der Waals surface area (Å²) in [6.07, 6.45) is 8.13. The predicted molar refractivity (Wildman–Crippen MR) is 152 cm³/mol. The molecule has 0 aromatic carbocycles. The van der Waals surface area contributed by atoms with Crippen molar-refractivity contribution >= 4 is 28.7 Å². The number of nitrogens with zero attached hydrogens (tertiary/aromatic N) is 8. The van der Waals surface area contributed by atoms with Crippen LogP contribution in [-0.4, -0.2) is 63.1 Å². The van der Waals surface area contributed by atoms with Gasteiger partial charge in [0.15, 0.2) is 34.4 Å². The molecule has 1 amide bonds. The fourth-order valence-corrected chi connectivity index (χ4v) is 5.39. The first-order chi connectivity index (χ1) is 20.2. The normalized spacial score (nSPS) is 19.6. The molecule has 0 radical (unpaired) electrons. The Morgan fingerprint density at radius 3 is 2.67 bits per heavy atom. The van der Waals surface area contributed by atoms with E-state index in [-0.39, 0.29) is 17.9 Å². The number of rotatable bonds is 8. The molecule has 5 heterocycles. The Hall–Kier alpha value is -4.72. The molecular formula is C28H32FN11O2. The third kappa shape index (κ3) is 5.20. The number of anilines is 2. The first-order valence-electron chi connectivity index (χ1n) is 13.8. The van der Waals surface area contributed by atoms with E-state index >= 15 is 0 Å². The number of aromatic nitrogens is 9. The molecule has 5 aromatic heterocycles. The van der Waals surface area contributed by atoms with Crippen LogP contribution in [0, 0.1) is 12.7 Å². The largest absolute Gasteiger partial charge is 0.368 e. The van der Waals surface area contributed by atoms with Gasteiger partial charge in [0, 0.05) is 38.0 Å². The van der Waals surface area contributed by atoms with Crippen LogP contribution < -0.4 is 10.6 Å². The molecule has 0 spiro atoms. The third-order valence-corrected chi connectivity index (χ3v) is 7.90. The molecule has 0 aliphatic heterocycles. The summed E-state index contributed by atoms with van der Waals surface area (Å²) < 4.78 is 22.4. The van der Waals surface area contributed by atoms with Gasteiger partial charge in [-0.05, 0) is 51.2 Å². The van der Waals surface area contributed by atoms with E-state index in [0.29, 0.717) is 54.5 Å². The van der Waals surface area contributed by atoms with E-state index in [1.807, 2.05) is 37.6 Å². The van der Waals surface area contributed by atoms with Gasteiger partial charge in [0.1, 0.15) is 11.4 Å². The van der Waals surface area contributed by atoms with Gasteiger partial charge in [-0.2, -0.15) is 10.2 Å². The molecule has 42 heavy (non-hydrogen) atoms. The maximum absolute atomic E-state index is 13.5. The Bertz CT molecular complexity index is 1720. The average molecular weight is 574 g/mol. The van der Waals surface area contributed by atoms with Crippen molar-refractivity contribution in [3.8, 4) is 5.82 Å². The van der Waals surface area contributed by atoms with Crippen LogP contribution in [0.15, 0.2) is 43.1 Å². The van der Waals surface area contributed by atoms with Crippen molar-refractivity contribution in [3.63, 3.8) is 0 Å². The van der Waals surface area contributed by atoms with Gasteiger partial charge in [-0.25, -0.2) is 29.0 Å². The zero-order valence-electron chi connectivity index (χ0n) is 23.8. The van der Waals surface area contributed by atoms with E-state index in [4.69, 9.17) is 14.7 Å². The first kappa shape index (κ1) is 27.4. The van der Waals surface area contributed by atoms with Gasteiger partial charge in [-0.1, -0.05) is 6.07 Å². The number of carbonyl (C=O) groups excluding carboxylic acids is 1. The van der Waals surface area contributed by atoms with Gasteiger partial charge in [0.05, 0.1) is 24.8 Å². The molecule has 1 saturated carbocycles. The fourth-order valence-electron chi connectivity index (χ4n) is 5.39. The Balaban J connectivity index is 1.15. The number of hydrogen-bond donors (Lipinski definition) is 3. The number of H-pyrrole nitrogens is 1. The Morgan fingerprint density at radius 1 is 1.21 bits per heavy atom. The van der Waals surface area contributed by atoms with Crippen molar-refractivity contribution in [2.45, 2.75) is 57.1 Å². The van der Waals surface area contributed by atoms with Gasteiger partial charge in [0.2, 0.25) is 0 Å². The highest BCUT2D eigenvalue weighted by Gasteiger charge is 2.43. The molecule has 218 valence electrons. The summed E-state index contributed by atoms with van der Waals surface area (Å²) in [7, 11) is 3.48. The van der Waals surface area contributed by atoms with E-state index in [9.17, 15) is 9.18 Å². The van der Waals surface area contributed by atoms with Gasteiger partial charge in [-0.3, -0.25) is 9.89 Å². The number of imidazole rings is 1. The number of methoxy groups -OCH3 is 1. The van der Waals surface area contributed by atoms with Crippen molar-refractivity contribution in [2.75, 3.05) is 12.4 Å². The number of pyridine rings is 1.